The summed E-state index contributed by atoms with van der Waals surface area (Å²) >= 11 is 0. The Morgan fingerprint density at radius 3 is 2.32 bits per heavy atom. The van der Waals surface area contributed by atoms with E-state index in [9.17, 15) is 26.4 Å². The molecule has 4 aromatic rings. The molecule has 1 amide bonds. The molecule has 0 unspecified atom stereocenters. The van der Waals surface area contributed by atoms with Gasteiger partial charge in [-0.15, -0.1) is 0 Å². The van der Waals surface area contributed by atoms with Gasteiger partial charge >= 0.3 is 6.18 Å². The van der Waals surface area contributed by atoms with Crippen molar-refractivity contribution in [3.63, 3.8) is 0 Å². The molecule has 0 aliphatic heterocycles. The van der Waals surface area contributed by atoms with Crippen LogP contribution in [0, 0.1) is 12.3 Å². The van der Waals surface area contributed by atoms with Crippen molar-refractivity contribution in [3.05, 3.63) is 65.9 Å². The average Bonchev–Trinajstić information content (AvgIpc) is 3.21. The van der Waals surface area contributed by atoms with Crippen molar-refractivity contribution in [2.75, 3.05) is 5.32 Å². The monoisotopic (exact) mass is 531 g/mol. The van der Waals surface area contributed by atoms with Crippen LogP contribution in [-0.2, 0) is 21.0 Å². The van der Waals surface area contributed by atoms with E-state index in [1.807, 2.05) is 19.1 Å². The predicted octanol–water partition coefficient (Wildman–Crippen LogP) is 5.02. The van der Waals surface area contributed by atoms with Crippen LogP contribution in [0.15, 0.2) is 59.6 Å². The molecule has 2 aromatic carbocycles. The standard InChI is InChI=1S/C25H24F3N5O3S/c1-14-5-6-15(11-20(14)31-23(34)24(2,3)4)21-13-33-22(30-21)10-9-19(32-33)17-8-7-16(37(29,35)36)12-18(17)25(26,27)28/h5-13H,1-4H3,(H,31,34)(H2,29,35,36). The first-order chi connectivity index (χ1) is 17.0. The van der Waals surface area contributed by atoms with E-state index in [0.717, 1.165) is 17.7 Å². The van der Waals surface area contributed by atoms with Crippen molar-refractivity contribution in [1.29, 1.82) is 0 Å². The van der Waals surface area contributed by atoms with E-state index < -0.39 is 32.1 Å². The van der Waals surface area contributed by atoms with Gasteiger partial charge in [0.2, 0.25) is 15.9 Å². The zero-order valence-corrected chi connectivity index (χ0v) is 21.2. The molecule has 37 heavy (non-hydrogen) atoms. The Morgan fingerprint density at radius 2 is 1.70 bits per heavy atom. The first kappa shape index (κ1) is 26.3. The number of hydrogen-bond acceptors (Lipinski definition) is 5. The number of carbonyl (C=O) groups is 1. The molecular formula is C25H24F3N5O3S. The van der Waals surface area contributed by atoms with Gasteiger partial charge in [0.15, 0.2) is 5.65 Å². The van der Waals surface area contributed by atoms with Crippen molar-refractivity contribution in [2.45, 2.75) is 38.8 Å². The maximum Gasteiger partial charge on any atom is 0.417 e. The van der Waals surface area contributed by atoms with Crippen LogP contribution in [0.4, 0.5) is 18.9 Å². The Balaban J connectivity index is 1.76. The van der Waals surface area contributed by atoms with Crippen LogP contribution in [-0.4, -0.2) is 28.9 Å². The summed E-state index contributed by atoms with van der Waals surface area (Å²) in [6.07, 6.45) is -3.28. The number of benzene rings is 2. The van der Waals surface area contributed by atoms with Crippen LogP contribution in [0.25, 0.3) is 28.2 Å². The van der Waals surface area contributed by atoms with E-state index in [1.54, 1.807) is 33.0 Å². The number of nitrogens with zero attached hydrogens (tertiary/aromatic N) is 3. The quantitative estimate of drug-likeness (QED) is 0.383. The summed E-state index contributed by atoms with van der Waals surface area (Å²) < 4.78 is 65.8. The molecular weight excluding hydrogens is 507 g/mol. The molecule has 0 atom stereocenters. The van der Waals surface area contributed by atoms with E-state index in [2.05, 4.69) is 15.4 Å². The van der Waals surface area contributed by atoms with Crippen LogP contribution in [0.1, 0.15) is 31.9 Å². The number of rotatable bonds is 4. The lowest BCUT2D eigenvalue weighted by atomic mass is 9.95. The molecule has 0 fully saturated rings. The molecule has 0 bridgehead atoms. The molecule has 0 radical (unpaired) electrons. The number of sulfonamides is 1. The summed E-state index contributed by atoms with van der Waals surface area (Å²) in [5, 5.41) is 12.2. The molecule has 0 saturated carbocycles. The number of aryl methyl sites for hydroxylation is 1. The Hall–Kier alpha value is -3.77. The number of anilines is 1. The third kappa shape index (κ3) is 5.49. The minimum atomic E-state index is -4.84. The largest absolute Gasteiger partial charge is 0.417 e. The molecule has 0 aliphatic rings. The third-order valence-electron chi connectivity index (χ3n) is 5.68. The highest BCUT2D eigenvalue weighted by Gasteiger charge is 2.35. The SMILES string of the molecule is Cc1ccc(-c2cn3nc(-c4ccc(S(N)(=O)=O)cc4C(F)(F)F)ccc3n2)cc1NC(=O)C(C)(C)C. The highest BCUT2D eigenvalue weighted by atomic mass is 32.2. The van der Waals surface area contributed by atoms with Gasteiger partial charge in [-0.2, -0.15) is 18.3 Å². The maximum atomic E-state index is 13.8. The summed E-state index contributed by atoms with van der Waals surface area (Å²) in [6, 6.07) is 10.8. The molecule has 194 valence electrons. The molecule has 4 rings (SSSR count). The maximum absolute atomic E-state index is 13.8. The highest BCUT2D eigenvalue weighted by molar-refractivity contribution is 7.89. The van der Waals surface area contributed by atoms with E-state index in [1.165, 1.54) is 16.6 Å². The van der Waals surface area contributed by atoms with Gasteiger partial charge in [-0.25, -0.2) is 23.1 Å². The minimum absolute atomic E-state index is 0.0354. The lowest BCUT2D eigenvalue weighted by Gasteiger charge is -2.19. The summed E-state index contributed by atoms with van der Waals surface area (Å²) in [4.78, 5) is 16.3. The number of alkyl halides is 3. The highest BCUT2D eigenvalue weighted by Crippen LogP contribution is 2.38. The van der Waals surface area contributed by atoms with Crippen LogP contribution < -0.4 is 10.5 Å². The topological polar surface area (TPSA) is 119 Å². The molecule has 8 nitrogen and oxygen atoms in total. The van der Waals surface area contributed by atoms with Crippen LogP contribution in [0.5, 0.6) is 0 Å². The lowest BCUT2D eigenvalue weighted by Crippen LogP contribution is -2.27. The van der Waals surface area contributed by atoms with Crippen molar-refractivity contribution in [2.24, 2.45) is 10.6 Å². The molecule has 2 heterocycles. The number of amides is 1. The normalized spacial score (nSPS) is 12.6. The second-order valence-corrected chi connectivity index (χ2v) is 11.2. The lowest BCUT2D eigenvalue weighted by molar-refractivity contribution is -0.137. The van der Waals surface area contributed by atoms with Crippen molar-refractivity contribution < 1.29 is 26.4 Å². The second-order valence-electron chi connectivity index (χ2n) is 9.63. The fraction of sp³-hybridized carbons (Fsp3) is 0.240. The predicted molar refractivity (Wildman–Crippen MR) is 133 cm³/mol. The molecule has 0 spiro atoms. The third-order valence-corrected chi connectivity index (χ3v) is 6.59. The summed E-state index contributed by atoms with van der Waals surface area (Å²) in [7, 11) is -4.33. The number of halogens is 3. The van der Waals surface area contributed by atoms with E-state index in [4.69, 9.17) is 5.14 Å². The van der Waals surface area contributed by atoms with Crippen molar-refractivity contribution in [1.82, 2.24) is 14.6 Å². The first-order valence-corrected chi connectivity index (χ1v) is 12.6. The molecule has 0 saturated heterocycles. The first-order valence-electron chi connectivity index (χ1n) is 11.1. The Bertz CT molecular complexity index is 1640. The van der Waals surface area contributed by atoms with Gasteiger partial charge in [0.25, 0.3) is 0 Å². The van der Waals surface area contributed by atoms with E-state index >= 15 is 0 Å². The van der Waals surface area contributed by atoms with Gasteiger partial charge < -0.3 is 5.32 Å². The molecule has 12 heteroatoms. The Morgan fingerprint density at radius 1 is 1.00 bits per heavy atom. The zero-order valence-electron chi connectivity index (χ0n) is 20.4. The fourth-order valence-electron chi connectivity index (χ4n) is 3.55. The van der Waals surface area contributed by atoms with Gasteiger partial charge in [0.05, 0.1) is 28.0 Å². The number of primary sulfonamides is 1. The minimum Gasteiger partial charge on any atom is -0.325 e. The zero-order chi connectivity index (χ0) is 27.3. The molecule has 2 aromatic heterocycles. The van der Waals surface area contributed by atoms with Crippen LogP contribution in [0.3, 0.4) is 0 Å². The van der Waals surface area contributed by atoms with Gasteiger partial charge in [-0.05, 0) is 42.8 Å². The van der Waals surface area contributed by atoms with Crippen molar-refractivity contribution in [3.8, 4) is 22.5 Å². The Labute approximate surface area is 211 Å². The van der Waals surface area contributed by atoms with E-state index in [0.29, 0.717) is 28.7 Å². The van der Waals surface area contributed by atoms with Crippen LogP contribution >= 0.6 is 0 Å². The number of carbonyl (C=O) groups excluding carboxylic acids is 1. The number of imidazole rings is 1. The van der Waals surface area contributed by atoms with Gasteiger partial charge in [0, 0.05) is 22.2 Å². The summed E-state index contributed by atoms with van der Waals surface area (Å²) in [6.45, 7) is 7.28. The number of aromatic nitrogens is 3. The van der Waals surface area contributed by atoms with Crippen LogP contribution in [0.2, 0.25) is 0 Å². The summed E-state index contributed by atoms with van der Waals surface area (Å²) in [5.41, 5.74) is 0.922. The molecule has 3 N–H and O–H groups in total. The number of nitrogens with one attached hydrogen (secondary N) is 1. The van der Waals surface area contributed by atoms with Gasteiger partial charge in [-0.3, -0.25) is 4.79 Å². The molecule has 0 aliphatic carbocycles. The Kier molecular flexibility index (Phi) is 6.37. The van der Waals surface area contributed by atoms with Gasteiger partial charge in [0.1, 0.15) is 0 Å². The fourth-order valence-corrected chi connectivity index (χ4v) is 4.09. The number of nitrogens with two attached hydrogens (primary N) is 1. The average molecular weight is 532 g/mol. The second kappa shape index (κ2) is 8.96. The van der Waals surface area contributed by atoms with Gasteiger partial charge in [-0.1, -0.05) is 39.0 Å². The van der Waals surface area contributed by atoms with Crippen molar-refractivity contribution >= 4 is 27.3 Å². The number of hydrogen-bond donors (Lipinski definition) is 2. The summed E-state index contributed by atoms with van der Waals surface area (Å²) in [5.74, 6) is -0.150. The van der Waals surface area contributed by atoms with E-state index in [-0.39, 0.29) is 17.2 Å². The smallest absolute Gasteiger partial charge is 0.325 e. The number of fused-ring (bicyclic) bond motifs is 1.